The molecule has 7 atom stereocenters. The normalized spacial score (nSPS) is 18.9. The van der Waals surface area contributed by atoms with Crippen LogP contribution in [0.4, 0.5) is 0 Å². The molecule has 0 saturated carbocycles. The van der Waals surface area contributed by atoms with Crippen LogP contribution < -0.4 is 5.32 Å². The number of carbonyl (C=O) groups is 1. The summed E-state index contributed by atoms with van der Waals surface area (Å²) >= 11 is 0. The van der Waals surface area contributed by atoms with Crippen molar-refractivity contribution < 1.29 is 51.8 Å². The molecular weight excluding hydrogens is 1000 g/mol. The summed E-state index contributed by atoms with van der Waals surface area (Å²) in [5.41, 5.74) is 0. The van der Waals surface area contributed by atoms with E-state index in [-0.39, 0.29) is 12.5 Å². The Bertz CT molecular complexity index is 1470. The van der Waals surface area contributed by atoms with Crippen LogP contribution in [-0.2, 0) is 28.9 Å². The molecule has 0 aromatic heterocycles. The standard InChI is InChI=1S/C65H125NO11S/c1-3-5-7-9-11-13-15-17-19-21-23-24-25-26-27-28-29-30-31-32-33-34-35-36-37-39-41-43-45-47-49-51-53-55-61(69)66-58(57-75-65-63(71)64(77-78(72,73)74)62(70)60(56-67)76-65)59(68)54-52-50-48-46-44-42-40-38-22-20-18-16-14-12-10-8-6-4-2/h23-24,26-27,58-60,62-65,67-68,70-71H,3-22,25,28-57H2,1-2H3,(H,66,69)(H,72,73,74)/b24-23-,27-26-. The van der Waals surface area contributed by atoms with Gasteiger partial charge in [-0.25, -0.2) is 4.18 Å². The molecule has 78 heavy (non-hydrogen) atoms. The fraction of sp³-hybridized carbons (Fsp3) is 0.923. The largest absolute Gasteiger partial charge is 0.397 e. The maximum Gasteiger partial charge on any atom is 0.397 e. The summed E-state index contributed by atoms with van der Waals surface area (Å²) in [6.07, 6.45) is 60.6. The lowest BCUT2D eigenvalue weighted by Gasteiger charge is -2.41. The zero-order chi connectivity index (χ0) is 56.8. The SMILES string of the molecule is CCCCCCCCCCC/C=C\C/C=C\CCCCCCCCCCCCCCCCCCCC(=O)NC(COC1OC(CO)C(O)C(OS(=O)(=O)O)C1O)C(O)CCCCCCCCCCCCCCCCCCCC. The molecule has 1 fully saturated rings. The van der Waals surface area contributed by atoms with Gasteiger partial charge in [-0.1, -0.05) is 301 Å². The van der Waals surface area contributed by atoms with Crippen molar-refractivity contribution >= 4 is 16.3 Å². The molecule has 1 heterocycles. The number of rotatable bonds is 59. The third kappa shape index (κ3) is 46.1. The minimum atomic E-state index is -5.08. The van der Waals surface area contributed by atoms with Crippen molar-refractivity contribution in [3.05, 3.63) is 24.3 Å². The fourth-order valence-corrected chi connectivity index (χ4v) is 11.4. The van der Waals surface area contributed by atoms with Gasteiger partial charge in [0, 0.05) is 6.42 Å². The number of hydrogen-bond acceptors (Lipinski definition) is 10. The summed E-state index contributed by atoms with van der Waals surface area (Å²) in [7, 11) is -5.08. The predicted molar refractivity (Wildman–Crippen MR) is 324 cm³/mol. The number of unbranched alkanes of at least 4 members (excludes halogenated alkanes) is 43. The first kappa shape index (κ1) is 74.6. The van der Waals surface area contributed by atoms with E-state index in [0.29, 0.717) is 12.8 Å². The zero-order valence-electron chi connectivity index (χ0n) is 50.5. The van der Waals surface area contributed by atoms with Crippen molar-refractivity contribution in [3.8, 4) is 0 Å². The minimum Gasteiger partial charge on any atom is -0.394 e. The second-order valence-corrected chi connectivity index (χ2v) is 24.5. The van der Waals surface area contributed by atoms with Crippen LogP contribution in [0.25, 0.3) is 0 Å². The highest BCUT2D eigenvalue weighted by Gasteiger charge is 2.48. The van der Waals surface area contributed by atoms with Crippen LogP contribution in [0.3, 0.4) is 0 Å². The van der Waals surface area contributed by atoms with E-state index in [2.05, 4.69) is 47.7 Å². The molecule has 0 aromatic carbocycles. The number of ether oxygens (including phenoxy) is 2. The maximum atomic E-state index is 13.2. The molecule has 13 heteroatoms. The number of amides is 1. The van der Waals surface area contributed by atoms with Crippen molar-refractivity contribution in [1.82, 2.24) is 5.32 Å². The van der Waals surface area contributed by atoms with Gasteiger partial charge < -0.3 is 35.2 Å². The monoisotopic (exact) mass is 1130 g/mol. The van der Waals surface area contributed by atoms with Crippen LogP contribution >= 0.6 is 0 Å². The molecule has 7 unspecified atom stereocenters. The quantitative estimate of drug-likeness (QED) is 0.0193. The van der Waals surface area contributed by atoms with E-state index in [4.69, 9.17) is 9.47 Å². The summed E-state index contributed by atoms with van der Waals surface area (Å²) in [5, 5.41) is 45.2. The average Bonchev–Trinajstić information content (AvgIpc) is 3.43. The Labute approximate surface area is 480 Å². The lowest BCUT2D eigenvalue weighted by atomic mass is 9.99. The molecule has 1 aliphatic heterocycles. The molecule has 0 radical (unpaired) electrons. The van der Waals surface area contributed by atoms with E-state index in [1.807, 2.05) is 0 Å². The van der Waals surface area contributed by atoms with Crippen LogP contribution in [0, 0.1) is 0 Å². The number of aliphatic hydroxyl groups is 4. The van der Waals surface area contributed by atoms with E-state index in [1.165, 1.54) is 244 Å². The lowest BCUT2D eigenvalue weighted by molar-refractivity contribution is -0.298. The smallest absolute Gasteiger partial charge is 0.394 e. The fourth-order valence-electron chi connectivity index (χ4n) is 10.9. The molecule has 6 N–H and O–H groups in total. The van der Waals surface area contributed by atoms with Crippen LogP contribution in [-0.4, -0.2) is 95.4 Å². The summed E-state index contributed by atoms with van der Waals surface area (Å²) in [6.45, 7) is 3.50. The molecule has 12 nitrogen and oxygen atoms in total. The molecule has 0 aliphatic carbocycles. The number of carbonyl (C=O) groups excluding carboxylic acids is 1. The molecular formula is C65H125NO11S. The van der Waals surface area contributed by atoms with Gasteiger partial charge in [0.05, 0.1) is 25.4 Å². The number of nitrogens with one attached hydrogen (secondary N) is 1. The van der Waals surface area contributed by atoms with Crippen molar-refractivity contribution in [2.24, 2.45) is 0 Å². The molecule has 1 aliphatic rings. The first-order chi connectivity index (χ1) is 38.0. The number of aliphatic hydroxyl groups excluding tert-OH is 4. The lowest BCUT2D eigenvalue weighted by Crippen LogP contribution is -2.61. The molecule has 1 saturated heterocycles. The Morgan fingerprint density at radius 2 is 0.859 bits per heavy atom. The van der Waals surface area contributed by atoms with Gasteiger partial charge in [-0.05, 0) is 44.9 Å². The highest BCUT2D eigenvalue weighted by Crippen LogP contribution is 2.26. The summed E-state index contributed by atoms with van der Waals surface area (Å²) in [6, 6.07) is -0.857. The highest BCUT2D eigenvalue weighted by atomic mass is 32.3. The van der Waals surface area contributed by atoms with Gasteiger partial charge in [0.15, 0.2) is 6.29 Å². The van der Waals surface area contributed by atoms with Gasteiger partial charge in [-0.15, -0.1) is 0 Å². The number of allylic oxidation sites excluding steroid dienone is 4. The van der Waals surface area contributed by atoms with Crippen molar-refractivity contribution in [3.63, 3.8) is 0 Å². The minimum absolute atomic E-state index is 0.224. The van der Waals surface area contributed by atoms with Crippen molar-refractivity contribution in [1.29, 1.82) is 0 Å². The van der Waals surface area contributed by atoms with Gasteiger partial charge in [0.25, 0.3) is 0 Å². The predicted octanol–water partition coefficient (Wildman–Crippen LogP) is 16.7. The summed E-state index contributed by atoms with van der Waals surface area (Å²) in [5.74, 6) is -0.224. The second-order valence-electron chi connectivity index (χ2n) is 23.4. The summed E-state index contributed by atoms with van der Waals surface area (Å²) < 4.78 is 48.0. The second kappa shape index (κ2) is 54.8. The Kier molecular flexibility index (Phi) is 52.4. The Morgan fingerprint density at radius 3 is 1.22 bits per heavy atom. The Hall–Kier alpha value is -1.42. The first-order valence-electron chi connectivity index (χ1n) is 33.2. The van der Waals surface area contributed by atoms with Crippen molar-refractivity contribution in [2.45, 2.75) is 371 Å². The van der Waals surface area contributed by atoms with E-state index in [0.717, 1.165) is 57.8 Å². The van der Waals surface area contributed by atoms with Crippen LogP contribution in [0.5, 0.6) is 0 Å². The molecule has 462 valence electrons. The average molecular weight is 1130 g/mol. The van der Waals surface area contributed by atoms with Crippen LogP contribution in [0.1, 0.15) is 328 Å². The maximum absolute atomic E-state index is 13.2. The topological polar surface area (TPSA) is 192 Å². The van der Waals surface area contributed by atoms with E-state index < -0.39 is 59.9 Å². The van der Waals surface area contributed by atoms with Gasteiger partial charge in [0.2, 0.25) is 5.91 Å². The Morgan fingerprint density at radius 1 is 0.513 bits per heavy atom. The number of hydrogen-bond donors (Lipinski definition) is 6. The van der Waals surface area contributed by atoms with Gasteiger partial charge >= 0.3 is 10.4 Å². The van der Waals surface area contributed by atoms with Crippen LogP contribution in [0.2, 0.25) is 0 Å². The molecule has 0 spiro atoms. The zero-order valence-corrected chi connectivity index (χ0v) is 51.3. The molecule has 1 rings (SSSR count). The van der Waals surface area contributed by atoms with E-state index in [1.54, 1.807) is 0 Å². The summed E-state index contributed by atoms with van der Waals surface area (Å²) in [4.78, 5) is 13.2. The van der Waals surface area contributed by atoms with Gasteiger partial charge in [-0.3, -0.25) is 9.35 Å². The first-order valence-corrected chi connectivity index (χ1v) is 34.6. The van der Waals surface area contributed by atoms with E-state index in [9.17, 15) is 38.2 Å². The third-order valence-corrected chi connectivity index (χ3v) is 16.5. The molecule has 0 aromatic rings. The van der Waals surface area contributed by atoms with Crippen LogP contribution in [0.15, 0.2) is 24.3 Å². The van der Waals surface area contributed by atoms with Gasteiger partial charge in [-0.2, -0.15) is 8.42 Å². The van der Waals surface area contributed by atoms with Crippen molar-refractivity contribution in [2.75, 3.05) is 13.2 Å². The molecule has 1 amide bonds. The third-order valence-electron chi connectivity index (χ3n) is 16.0. The highest BCUT2D eigenvalue weighted by molar-refractivity contribution is 7.80. The van der Waals surface area contributed by atoms with E-state index >= 15 is 0 Å². The molecule has 0 bridgehead atoms. The Balaban J connectivity index is 2.22. The van der Waals surface area contributed by atoms with Gasteiger partial charge in [0.1, 0.15) is 24.4 Å².